The number of thiophene rings is 1. The molecule has 1 aliphatic heterocycles. The molecule has 0 amide bonds. The molecule has 1 aliphatic rings. The Hall–Kier alpha value is -1.44. The average Bonchev–Trinajstić information content (AvgIpc) is 3.23. The lowest BCUT2D eigenvalue weighted by atomic mass is 10.2. The van der Waals surface area contributed by atoms with Gasteiger partial charge in [0.15, 0.2) is 0 Å². The lowest BCUT2D eigenvalue weighted by Crippen LogP contribution is -2.36. The van der Waals surface area contributed by atoms with E-state index < -0.39 is 0 Å². The molecular weight excluding hydrogens is 372 g/mol. The number of para-hydroxylation sites is 1. The lowest BCUT2D eigenvalue weighted by molar-refractivity contribution is 0.0368. The second-order valence-corrected chi connectivity index (χ2v) is 8.16. The van der Waals surface area contributed by atoms with Crippen LogP contribution in [-0.4, -0.2) is 67.5 Å². The van der Waals surface area contributed by atoms with Crippen molar-refractivity contribution in [1.82, 2.24) is 9.80 Å². The highest BCUT2D eigenvalue weighted by molar-refractivity contribution is 7.09. The van der Waals surface area contributed by atoms with Gasteiger partial charge in [-0.1, -0.05) is 24.3 Å². The summed E-state index contributed by atoms with van der Waals surface area (Å²) < 4.78 is 11.5. The standard InChI is InChI=1S/C22H32N2O3S/c25-13-10-24(19-21-7-5-17-28-21)18-20-6-1-2-8-22(20)27-14-4-3-9-23-11-15-26-16-12-23/h1-2,5-8,17,25H,3-4,9-16,18-19H2. The molecule has 28 heavy (non-hydrogen) atoms. The van der Waals surface area contributed by atoms with E-state index in [1.807, 2.05) is 6.07 Å². The van der Waals surface area contributed by atoms with Gasteiger partial charge in [-0.05, 0) is 36.9 Å². The third-order valence-corrected chi connectivity index (χ3v) is 5.83. The van der Waals surface area contributed by atoms with Crippen LogP contribution in [0, 0.1) is 0 Å². The molecule has 1 aromatic carbocycles. The monoisotopic (exact) mass is 404 g/mol. The normalized spacial score (nSPS) is 15.2. The first-order chi connectivity index (χ1) is 13.8. The Morgan fingerprint density at radius 1 is 1.07 bits per heavy atom. The van der Waals surface area contributed by atoms with Gasteiger partial charge in [0.05, 0.1) is 26.4 Å². The Morgan fingerprint density at radius 3 is 2.71 bits per heavy atom. The summed E-state index contributed by atoms with van der Waals surface area (Å²) in [7, 11) is 0. The molecule has 154 valence electrons. The van der Waals surface area contributed by atoms with Crippen molar-refractivity contribution in [1.29, 1.82) is 0 Å². The minimum atomic E-state index is 0.163. The van der Waals surface area contributed by atoms with Crippen molar-refractivity contribution in [3.05, 3.63) is 52.2 Å². The number of benzene rings is 1. The van der Waals surface area contributed by atoms with Gasteiger partial charge in [-0.2, -0.15) is 0 Å². The third kappa shape index (κ3) is 7.18. The van der Waals surface area contributed by atoms with Crippen LogP contribution in [0.3, 0.4) is 0 Å². The number of hydrogen-bond donors (Lipinski definition) is 1. The molecule has 0 radical (unpaired) electrons. The van der Waals surface area contributed by atoms with Crippen LogP contribution in [0.15, 0.2) is 41.8 Å². The van der Waals surface area contributed by atoms with Gasteiger partial charge in [0.1, 0.15) is 5.75 Å². The van der Waals surface area contributed by atoms with Crippen molar-refractivity contribution in [3.63, 3.8) is 0 Å². The summed E-state index contributed by atoms with van der Waals surface area (Å²) in [4.78, 5) is 6.05. The fourth-order valence-corrected chi connectivity index (χ4v) is 4.19. The molecule has 0 aliphatic carbocycles. The van der Waals surface area contributed by atoms with E-state index in [-0.39, 0.29) is 6.61 Å². The molecule has 2 heterocycles. The van der Waals surface area contributed by atoms with E-state index in [2.05, 4.69) is 45.5 Å². The Bertz CT molecular complexity index is 660. The topological polar surface area (TPSA) is 45.2 Å². The number of rotatable bonds is 12. The molecule has 6 heteroatoms. The van der Waals surface area contributed by atoms with E-state index in [4.69, 9.17) is 9.47 Å². The van der Waals surface area contributed by atoms with Gasteiger partial charge in [0.2, 0.25) is 0 Å². The fourth-order valence-electron chi connectivity index (χ4n) is 3.44. The van der Waals surface area contributed by atoms with Gasteiger partial charge in [-0.15, -0.1) is 11.3 Å². The van der Waals surface area contributed by atoms with Crippen LogP contribution >= 0.6 is 11.3 Å². The Kier molecular flexibility index (Phi) is 9.26. The molecule has 1 aromatic heterocycles. The Labute approximate surface area is 172 Å². The van der Waals surface area contributed by atoms with Crippen molar-refractivity contribution in [3.8, 4) is 5.75 Å². The van der Waals surface area contributed by atoms with E-state index >= 15 is 0 Å². The van der Waals surface area contributed by atoms with Crippen molar-refractivity contribution < 1.29 is 14.6 Å². The molecule has 0 saturated carbocycles. The van der Waals surface area contributed by atoms with E-state index in [0.717, 1.165) is 71.1 Å². The number of ether oxygens (including phenoxy) is 2. The summed E-state index contributed by atoms with van der Waals surface area (Å²) in [6.45, 7) is 8.14. The Morgan fingerprint density at radius 2 is 1.93 bits per heavy atom. The predicted octanol–water partition coefficient (Wildman–Crippen LogP) is 3.23. The highest BCUT2D eigenvalue weighted by Gasteiger charge is 2.12. The van der Waals surface area contributed by atoms with Crippen LogP contribution in [0.5, 0.6) is 5.75 Å². The maximum absolute atomic E-state index is 9.44. The quantitative estimate of drug-likeness (QED) is 0.550. The molecule has 0 spiro atoms. The van der Waals surface area contributed by atoms with Crippen LogP contribution < -0.4 is 4.74 Å². The predicted molar refractivity (Wildman–Crippen MR) is 114 cm³/mol. The van der Waals surface area contributed by atoms with E-state index in [9.17, 15) is 5.11 Å². The third-order valence-electron chi connectivity index (χ3n) is 4.97. The molecule has 5 nitrogen and oxygen atoms in total. The maximum atomic E-state index is 9.44. The molecule has 1 fully saturated rings. The second-order valence-electron chi connectivity index (χ2n) is 7.13. The summed E-state index contributed by atoms with van der Waals surface area (Å²) in [6, 6.07) is 12.5. The zero-order chi connectivity index (χ0) is 19.4. The first-order valence-electron chi connectivity index (χ1n) is 10.2. The highest BCUT2D eigenvalue weighted by atomic mass is 32.1. The van der Waals surface area contributed by atoms with Crippen LogP contribution in [0.25, 0.3) is 0 Å². The lowest BCUT2D eigenvalue weighted by Gasteiger charge is -2.26. The van der Waals surface area contributed by atoms with E-state index in [0.29, 0.717) is 6.54 Å². The molecular formula is C22H32N2O3S. The van der Waals surface area contributed by atoms with Crippen molar-refractivity contribution in [2.24, 2.45) is 0 Å². The van der Waals surface area contributed by atoms with Crippen LogP contribution in [0.4, 0.5) is 0 Å². The molecule has 0 atom stereocenters. The van der Waals surface area contributed by atoms with Crippen molar-refractivity contribution in [2.75, 3.05) is 52.6 Å². The number of hydrogen-bond acceptors (Lipinski definition) is 6. The SMILES string of the molecule is OCCN(Cc1cccs1)Cc1ccccc1OCCCCN1CCOCC1. The number of morpholine rings is 1. The molecule has 3 rings (SSSR count). The Balaban J connectivity index is 1.46. The summed E-state index contributed by atoms with van der Waals surface area (Å²) in [5.74, 6) is 0.961. The van der Waals surface area contributed by atoms with Crippen molar-refractivity contribution >= 4 is 11.3 Å². The molecule has 1 N–H and O–H groups in total. The largest absolute Gasteiger partial charge is 0.493 e. The minimum Gasteiger partial charge on any atom is -0.493 e. The van der Waals surface area contributed by atoms with Gasteiger partial charge >= 0.3 is 0 Å². The molecule has 1 saturated heterocycles. The van der Waals surface area contributed by atoms with Gasteiger partial charge in [-0.25, -0.2) is 0 Å². The van der Waals surface area contributed by atoms with E-state index in [1.165, 1.54) is 10.4 Å². The van der Waals surface area contributed by atoms with Crippen LogP contribution in [0.1, 0.15) is 23.3 Å². The molecule has 0 unspecified atom stereocenters. The zero-order valence-corrected chi connectivity index (χ0v) is 17.4. The summed E-state index contributed by atoms with van der Waals surface area (Å²) in [6.07, 6.45) is 2.21. The summed E-state index contributed by atoms with van der Waals surface area (Å²) in [5.41, 5.74) is 1.18. The summed E-state index contributed by atoms with van der Waals surface area (Å²) in [5, 5.41) is 11.5. The molecule has 2 aromatic rings. The minimum absolute atomic E-state index is 0.163. The smallest absolute Gasteiger partial charge is 0.123 e. The maximum Gasteiger partial charge on any atom is 0.123 e. The van der Waals surface area contributed by atoms with Gasteiger partial charge in [0.25, 0.3) is 0 Å². The van der Waals surface area contributed by atoms with Gasteiger partial charge < -0.3 is 14.6 Å². The number of unbranched alkanes of at least 4 members (excludes halogenated alkanes) is 1. The number of nitrogens with zero attached hydrogens (tertiary/aromatic N) is 2. The first-order valence-corrected chi connectivity index (χ1v) is 11.1. The first kappa shape index (κ1) is 21.3. The number of aliphatic hydroxyl groups excluding tert-OH is 1. The van der Waals surface area contributed by atoms with Gasteiger partial charge in [-0.3, -0.25) is 9.80 Å². The van der Waals surface area contributed by atoms with E-state index in [1.54, 1.807) is 11.3 Å². The van der Waals surface area contributed by atoms with Crippen LogP contribution in [0.2, 0.25) is 0 Å². The van der Waals surface area contributed by atoms with Crippen molar-refractivity contribution in [2.45, 2.75) is 25.9 Å². The highest BCUT2D eigenvalue weighted by Crippen LogP contribution is 2.22. The molecule has 0 bridgehead atoms. The second kappa shape index (κ2) is 12.2. The number of aliphatic hydroxyl groups is 1. The fraction of sp³-hybridized carbons (Fsp3) is 0.545. The summed E-state index contributed by atoms with van der Waals surface area (Å²) >= 11 is 1.76. The van der Waals surface area contributed by atoms with Crippen LogP contribution in [-0.2, 0) is 17.8 Å². The van der Waals surface area contributed by atoms with Gasteiger partial charge in [0, 0.05) is 43.2 Å². The average molecular weight is 405 g/mol. The zero-order valence-electron chi connectivity index (χ0n) is 16.6.